The highest BCUT2D eigenvalue weighted by Crippen LogP contribution is 2.37. The maximum Gasteiger partial charge on any atom is 0.254 e. The molecule has 0 radical (unpaired) electrons. The van der Waals surface area contributed by atoms with E-state index in [1.54, 1.807) is 4.90 Å². The number of ether oxygens (including phenoxy) is 1. The maximum atomic E-state index is 13.3. The topological polar surface area (TPSA) is 62.4 Å². The molecule has 0 bridgehead atoms. The lowest BCUT2D eigenvalue weighted by atomic mass is 9.93. The van der Waals surface area contributed by atoms with Crippen LogP contribution in [0.3, 0.4) is 0 Å². The van der Waals surface area contributed by atoms with Crippen molar-refractivity contribution >= 4 is 5.91 Å². The Balaban J connectivity index is 1.61. The number of aromatic nitrogens is 1. The molecule has 1 aliphatic heterocycles. The van der Waals surface area contributed by atoms with Gasteiger partial charge in [-0.15, -0.1) is 0 Å². The molecule has 4 rings (SSSR count). The molecule has 1 atom stereocenters. The Kier molecular flexibility index (Phi) is 4.77. The van der Waals surface area contributed by atoms with Crippen molar-refractivity contribution in [1.29, 1.82) is 0 Å². The van der Waals surface area contributed by atoms with Gasteiger partial charge in [-0.3, -0.25) is 9.59 Å². The predicted molar refractivity (Wildman–Crippen MR) is 109 cm³/mol. The van der Waals surface area contributed by atoms with Gasteiger partial charge in [0.05, 0.1) is 12.6 Å². The molecule has 28 heavy (non-hydrogen) atoms. The van der Waals surface area contributed by atoms with E-state index >= 15 is 0 Å². The van der Waals surface area contributed by atoms with Crippen LogP contribution in [0.1, 0.15) is 58.1 Å². The van der Waals surface area contributed by atoms with E-state index in [1.165, 1.54) is 12.8 Å². The lowest BCUT2D eigenvalue weighted by Gasteiger charge is -2.31. The largest absolute Gasteiger partial charge is 0.490 e. The molecule has 1 aliphatic carbocycles. The van der Waals surface area contributed by atoms with Crippen LogP contribution in [-0.2, 0) is 13.0 Å². The van der Waals surface area contributed by atoms with Crippen molar-refractivity contribution in [2.75, 3.05) is 6.54 Å². The number of hydrogen-bond acceptors (Lipinski definition) is 3. The maximum absolute atomic E-state index is 13.3. The second kappa shape index (κ2) is 7.12. The lowest BCUT2D eigenvalue weighted by molar-refractivity contribution is 0.0724. The van der Waals surface area contributed by atoms with Gasteiger partial charge in [-0.25, -0.2) is 0 Å². The first kappa shape index (κ1) is 18.8. The van der Waals surface area contributed by atoms with E-state index in [0.717, 1.165) is 40.1 Å². The zero-order valence-electron chi connectivity index (χ0n) is 17.1. The molecule has 1 unspecified atom stereocenters. The van der Waals surface area contributed by atoms with Crippen molar-refractivity contribution in [3.05, 3.63) is 62.1 Å². The average molecular weight is 380 g/mol. The Hall–Kier alpha value is -2.56. The average Bonchev–Trinajstić information content (AvgIpc) is 3.47. The van der Waals surface area contributed by atoms with Gasteiger partial charge in [0.1, 0.15) is 5.75 Å². The van der Waals surface area contributed by atoms with Crippen molar-refractivity contribution in [2.45, 2.75) is 59.6 Å². The zero-order chi connectivity index (χ0) is 20.0. The number of H-pyrrole nitrogens is 1. The van der Waals surface area contributed by atoms with Crippen LogP contribution >= 0.6 is 0 Å². The van der Waals surface area contributed by atoms with Crippen LogP contribution in [-0.4, -0.2) is 28.4 Å². The minimum atomic E-state index is -0.108. The lowest BCUT2D eigenvalue weighted by Crippen LogP contribution is -2.39. The number of aromatic amines is 1. The molecule has 2 heterocycles. The molecular formula is C23H28N2O3. The van der Waals surface area contributed by atoms with Gasteiger partial charge in [0.2, 0.25) is 0 Å². The van der Waals surface area contributed by atoms with Crippen LogP contribution in [0.15, 0.2) is 23.0 Å². The number of carbonyl (C=O) groups is 1. The second-order valence-corrected chi connectivity index (χ2v) is 8.30. The van der Waals surface area contributed by atoms with E-state index in [1.807, 2.05) is 39.0 Å². The third-order valence-electron chi connectivity index (χ3n) is 6.10. The summed E-state index contributed by atoms with van der Waals surface area (Å²) in [5, 5.41) is 0. The third kappa shape index (κ3) is 3.46. The van der Waals surface area contributed by atoms with Gasteiger partial charge < -0.3 is 14.6 Å². The molecular weight excluding hydrogens is 352 g/mol. The summed E-state index contributed by atoms with van der Waals surface area (Å²) < 4.78 is 6.16. The molecule has 1 aromatic carbocycles. The van der Waals surface area contributed by atoms with Crippen molar-refractivity contribution in [3.8, 4) is 5.75 Å². The molecule has 148 valence electrons. The van der Waals surface area contributed by atoms with E-state index in [0.29, 0.717) is 24.6 Å². The Labute approximate surface area is 165 Å². The van der Waals surface area contributed by atoms with Gasteiger partial charge in [-0.1, -0.05) is 6.07 Å². The molecule has 1 N–H and O–H groups in total. The fourth-order valence-electron chi connectivity index (χ4n) is 4.18. The first-order valence-corrected chi connectivity index (χ1v) is 10.1. The van der Waals surface area contributed by atoms with Crippen LogP contribution < -0.4 is 10.3 Å². The molecule has 2 aliphatic rings. The van der Waals surface area contributed by atoms with Crippen LogP contribution in [0, 0.1) is 26.7 Å². The Bertz CT molecular complexity index is 988. The SMILES string of the molecule is Cc1cc(C)c(CN2CCc3ccc(OC(C)C4CC4)c(C)c3C2=O)c(=O)[nH]1. The number of carbonyl (C=O) groups excluding carboxylic acids is 1. The minimum absolute atomic E-state index is 0.0114. The summed E-state index contributed by atoms with van der Waals surface area (Å²) in [6.07, 6.45) is 3.42. The summed E-state index contributed by atoms with van der Waals surface area (Å²) in [4.78, 5) is 30.3. The van der Waals surface area contributed by atoms with Crippen LogP contribution in [0.2, 0.25) is 0 Å². The molecule has 5 nitrogen and oxygen atoms in total. The van der Waals surface area contributed by atoms with Gasteiger partial charge in [0.15, 0.2) is 0 Å². The highest BCUT2D eigenvalue weighted by atomic mass is 16.5. The normalized spacial score (nSPS) is 17.4. The van der Waals surface area contributed by atoms with Crippen molar-refractivity contribution in [2.24, 2.45) is 5.92 Å². The van der Waals surface area contributed by atoms with E-state index in [9.17, 15) is 9.59 Å². The summed E-state index contributed by atoms with van der Waals surface area (Å²) in [5.74, 6) is 1.43. The summed E-state index contributed by atoms with van der Waals surface area (Å²) in [7, 11) is 0. The summed E-state index contributed by atoms with van der Waals surface area (Å²) >= 11 is 0. The molecule has 5 heteroatoms. The number of amides is 1. The number of aryl methyl sites for hydroxylation is 2. The van der Waals surface area contributed by atoms with Gasteiger partial charge in [0.25, 0.3) is 11.5 Å². The van der Waals surface area contributed by atoms with Gasteiger partial charge in [0, 0.05) is 28.9 Å². The Morgan fingerprint density at radius 1 is 1.21 bits per heavy atom. The molecule has 1 fully saturated rings. The molecule has 1 amide bonds. The number of benzene rings is 1. The number of hydrogen-bond donors (Lipinski definition) is 1. The number of pyridine rings is 1. The highest BCUT2D eigenvalue weighted by molar-refractivity contribution is 5.98. The van der Waals surface area contributed by atoms with Gasteiger partial charge in [-0.2, -0.15) is 0 Å². The van der Waals surface area contributed by atoms with E-state index in [-0.39, 0.29) is 17.6 Å². The first-order valence-electron chi connectivity index (χ1n) is 10.1. The second-order valence-electron chi connectivity index (χ2n) is 8.30. The number of rotatable bonds is 5. The number of fused-ring (bicyclic) bond motifs is 1. The van der Waals surface area contributed by atoms with Crippen molar-refractivity contribution in [1.82, 2.24) is 9.88 Å². The van der Waals surface area contributed by atoms with E-state index in [2.05, 4.69) is 11.9 Å². The van der Waals surface area contributed by atoms with E-state index in [4.69, 9.17) is 4.74 Å². The standard InChI is InChI=1S/C23H28N2O3/c1-13-11-14(2)24-22(26)19(13)12-25-10-9-18-7-8-20(15(3)21(18)23(25)27)28-16(4)17-5-6-17/h7-8,11,16-17H,5-6,9-10,12H2,1-4H3,(H,24,26). The van der Waals surface area contributed by atoms with Gasteiger partial charge in [-0.05, 0) is 76.1 Å². The van der Waals surface area contributed by atoms with Crippen LogP contribution in [0.5, 0.6) is 5.75 Å². The van der Waals surface area contributed by atoms with E-state index < -0.39 is 0 Å². The third-order valence-corrected chi connectivity index (χ3v) is 6.10. The van der Waals surface area contributed by atoms with Crippen LogP contribution in [0.25, 0.3) is 0 Å². The minimum Gasteiger partial charge on any atom is -0.490 e. The molecule has 1 aromatic heterocycles. The monoisotopic (exact) mass is 380 g/mol. The number of nitrogens with zero attached hydrogens (tertiary/aromatic N) is 1. The summed E-state index contributed by atoms with van der Waals surface area (Å²) in [6, 6.07) is 5.98. The fraction of sp³-hybridized carbons (Fsp3) is 0.478. The number of nitrogens with one attached hydrogen (secondary N) is 1. The Morgan fingerprint density at radius 2 is 1.96 bits per heavy atom. The smallest absolute Gasteiger partial charge is 0.254 e. The fourth-order valence-corrected chi connectivity index (χ4v) is 4.18. The van der Waals surface area contributed by atoms with Gasteiger partial charge >= 0.3 is 0 Å². The van der Waals surface area contributed by atoms with Crippen molar-refractivity contribution < 1.29 is 9.53 Å². The predicted octanol–water partition coefficient (Wildman–Crippen LogP) is 3.68. The van der Waals surface area contributed by atoms with Crippen LogP contribution in [0.4, 0.5) is 0 Å². The first-order chi connectivity index (χ1) is 13.3. The summed E-state index contributed by atoms with van der Waals surface area (Å²) in [6.45, 7) is 8.83. The molecule has 0 spiro atoms. The van der Waals surface area contributed by atoms with Crippen molar-refractivity contribution in [3.63, 3.8) is 0 Å². The molecule has 2 aromatic rings. The highest BCUT2D eigenvalue weighted by Gasteiger charge is 2.32. The summed E-state index contributed by atoms with van der Waals surface area (Å²) in [5.41, 5.74) is 5.04. The Morgan fingerprint density at radius 3 is 2.64 bits per heavy atom. The molecule has 0 saturated heterocycles. The molecule has 1 saturated carbocycles. The zero-order valence-corrected chi connectivity index (χ0v) is 17.1. The quantitative estimate of drug-likeness (QED) is 0.861.